The molecule has 2 aromatic carbocycles. The van der Waals surface area contributed by atoms with Gasteiger partial charge in [0.05, 0.1) is 5.56 Å². The monoisotopic (exact) mass is 346 g/mol. The maximum atomic E-state index is 12.1. The van der Waals surface area contributed by atoms with E-state index in [0.29, 0.717) is 10.7 Å². The summed E-state index contributed by atoms with van der Waals surface area (Å²) in [4.78, 5) is 24.2. The van der Waals surface area contributed by atoms with Crippen LogP contribution in [0.15, 0.2) is 42.5 Å². The van der Waals surface area contributed by atoms with Gasteiger partial charge >= 0.3 is 5.97 Å². The summed E-state index contributed by atoms with van der Waals surface area (Å²) in [6.07, 6.45) is -0.0384. The Morgan fingerprint density at radius 2 is 1.88 bits per heavy atom. The number of nitrogen functional groups attached to an aromatic ring is 1. The van der Waals surface area contributed by atoms with Crippen LogP contribution in [0.4, 0.5) is 11.4 Å². The molecule has 0 aromatic heterocycles. The minimum absolute atomic E-state index is 0.173. The van der Waals surface area contributed by atoms with Crippen molar-refractivity contribution in [2.75, 3.05) is 11.1 Å². The van der Waals surface area contributed by atoms with E-state index in [2.05, 4.69) is 12.2 Å². The van der Waals surface area contributed by atoms with Crippen LogP contribution in [0, 0.1) is 0 Å². The van der Waals surface area contributed by atoms with Gasteiger partial charge in [0.1, 0.15) is 0 Å². The van der Waals surface area contributed by atoms with Crippen LogP contribution in [0.25, 0.3) is 0 Å². The molecule has 6 heteroatoms. The van der Waals surface area contributed by atoms with E-state index in [1.54, 1.807) is 0 Å². The normalized spacial score (nSPS) is 11.6. The van der Waals surface area contributed by atoms with Gasteiger partial charge in [0, 0.05) is 16.4 Å². The Morgan fingerprint density at radius 3 is 2.46 bits per heavy atom. The molecule has 0 heterocycles. The van der Waals surface area contributed by atoms with Gasteiger partial charge < -0.3 is 15.8 Å². The van der Waals surface area contributed by atoms with Gasteiger partial charge in [0.2, 0.25) is 0 Å². The van der Waals surface area contributed by atoms with E-state index in [9.17, 15) is 9.59 Å². The molecule has 3 N–H and O–H groups in total. The lowest BCUT2D eigenvalue weighted by Crippen LogP contribution is -2.30. The molecule has 126 valence electrons. The Hall–Kier alpha value is -2.53. The number of aryl methyl sites for hydroxylation is 1. The smallest absolute Gasteiger partial charge is 0.341 e. The number of amides is 1. The van der Waals surface area contributed by atoms with E-state index >= 15 is 0 Å². The van der Waals surface area contributed by atoms with E-state index in [0.717, 1.165) is 6.42 Å². The van der Waals surface area contributed by atoms with Crippen molar-refractivity contribution >= 4 is 34.9 Å². The summed E-state index contributed by atoms with van der Waals surface area (Å²) in [5.41, 5.74) is 7.93. The maximum Gasteiger partial charge on any atom is 0.341 e. The molecule has 0 saturated heterocycles. The van der Waals surface area contributed by atoms with Crippen molar-refractivity contribution in [2.24, 2.45) is 0 Å². The first kappa shape index (κ1) is 17.8. The Morgan fingerprint density at radius 1 is 1.21 bits per heavy atom. The van der Waals surface area contributed by atoms with E-state index in [1.165, 1.54) is 30.7 Å². The number of esters is 1. The molecule has 0 radical (unpaired) electrons. The molecule has 5 nitrogen and oxygen atoms in total. The molecule has 2 rings (SSSR count). The minimum Gasteiger partial charge on any atom is -0.449 e. The Balaban J connectivity index is 1.98. The number of nitrogens with two attached hydrogens (primary N) is 1. The molecule has 0 fully saturated rings. The van der Waals surface area contributed by atoms with Gasteiger partial charge in [0.15, 0.2) is 6.10 Å². The molecule has 0 bridgehead atoms. The van der Waals surface area contributed by atoms with Gasteiger partial charge in [-0.15, -0.1) is 0 Å². The van der Waals surface area contributed by atoms with Crippen molar-refractivity contribution in [1.29, 1.82) is 0 Å². The van der Waals surface area contributed by atoms with Crippen LogP contribution in [-0.2, 0) is 16.0 Å². The molecule has 0 saturated carbocycles. The maximum absolute atomic E-state index is 12.1. The zero-order valence-corrected chi connectivity index (χ0v) is 14.3. The van der Waals surface area contributed by atoms with Gasteiger partial charge in [-0.3, -0.25) is 4.79 Å². The van der Waals surface area contributed by atoms with Gasteiger partial charge in [-0.25, -0.2) is 4.79 Å². The second-order valence-corrected chi connectivity index (χ2v) is 5.76. The van der Waals surface area contributed by atoms with Gasteiger partial charge in [-0.05, 0) is 49.2 Å². The minimum atomic E-state index is -0.960. The van der Waals surface area contributed by atoms with Crippen LogP contribution in [0.2, 0.25) is 5.02 Å². The summed E-state index contributed by atoms with van der Waals surface area (Å²) in [7, 11) is 0. The number of hydrogen-bond donors (Lipinski definition) is 2. The molecule has 2 aromatic rings. The third-order valence-corrected chi connectivity index (χ3v) is 3.75. The number of benzene rings is 2. The first-order valence-electron chi connectivity index (χ1n) is 7.56. The van der Waals surface area contributed by atoms with Crippen LogP contribution >= 0.6 is 11.6 Å². The zero-order chi connectivity index (χ0) is 17.7. The van der Waals surface area contributed by atoms with Gasteiger partial charge in [0.25, 0.3) is 5.91 Å². The summed E-state index contributed by atoms with van der Waals surface area (Å²) in [6.45, 7) is 3.55. The van der Waals surface area contributed by atoms with Crippen molar-refractivity contribution in [3.63, 3.8) is 0 Å². The second kappa shape index (κ2) is 7.84. The van der Waals surface area contributed by atoms with Crippen LogP contribution in [0.5, 0.6) is 0 Å². The van der Waals surface area contributed by atoms with Crippen molar-refractivity contribution in [3.05, 3.63) is 58.6 Å². The molecular formula is C18H19ClN2O3. The highest BCUT2D eigenvalue weighted by Crippen LogP contribution is 2.19. The number of nitrogens with one attached hydrogen (secondary N) is 1. The van der Waals surface area contributed by atoms with Crippen molar-refractivity contribution in [1.82, 2.24) is 0 Å². The summed E-state index contributed by atoms with van der Waals surface area (Å²) in [6, 6.07) is 11.9. The standard InChI is InChI=1S/C18H19ClN2O3/c1-3-12-4-7-14(8-5-12)21-17(22)11(2)24-18(23)15-9-6-13(19)10-16(15)20/h4-11H,3,20H2,1-2H3,(H,21,22)/t11-/m0/s1. The molecule has 0 spiro atoms. The second-order valence-electron chi connectivity index (χ2n) is 5.32. The highest BCUT2D eigenvalue weighted by molar-refractivity contribution is 6.31. The molecule has 0 aliphatic carbocycles. The topological polar surface area (TPSA) is 81.4 Å². The number of halogens is 1. The number of hydrogen-bond acceptors (Lipinski definition) is 4. The zero-order valence-electron chi connectivity index (χ0n) is 13.5. The quantitative estimate of drug-likeness (QED) is 0.639. The predicted molar refractivity (Wildman–Crippen MR) is 95.2 cm³/mol. The van der Waals surface area contributed by atoms with Gasteiger partial charge in [-0.1, -0.05) is 30.7 Å². The van der Waals surface area contributed by atoms with Crippen LogP contribution in [0.3, 0.4) is 0 Å². The lowest BCUT2D eigenvalue weighted by Gasteiger charge is -2.14. The number of carbonyl (C=O) groups excluding carboxylic acids is 2. The first-order valence-corrected chi connectivity index (χ1v) is 7.94. The number of anilines is 2. The number of ether oxygens (including phenoxy) is 1. The highest BCUT2D eigenvalue weighted by Gasteiger charge is 2.20. The molecular weight excluding hydrogens is 328 g/mol. The molecule has 0 aliphatic heterocycles. The van der Waals surface area contributed by atoms with Crippen LogP contribution in [-0.4, -0.2) is 18.0 Å². The van der Waals surface area contributed by atoms with Gasteiger partial charge in [-0.2, -0.15) is 0 Å². The number of carbonyl (C=O) groups is 2. The summed E-state index contributed by atoms with van der Waals surface area (Å²) in [5, 5.41) is 3.13. The van der Waals surface area contributed by atoms with Crippen LogP contribution < -0.4 is 11.1 Å². The van der Waals surface area contributed by atoms with Crippen molar-refractivity contribution < 1.29 is 14.3 Å². The molecule has 24 heavy (non-hydrogen) atoms. The average Bonchev–Trinajstić information content (AvgIpc) is 2.55. The summed E-state index contributed by atoms with van der Waals surface area (Å²) < 4.78 is 5.16. The SMILES string of the molecule is CCc1ccc(NC(=O)[C@H](C)OC(=O)c2ccc(Cl)cc2N)cc1. The van der Waals surface area contributed by atoms with Crippen molar-refractivity contribution in [2.45, 2.75) is 26.4 Å². The summed E-state index contributed by atoms with van der Waals surface area (Å²) in [5.74, 6) is -1.09. The molecule has 0 unspecified atom stereocenters. The highest BCUT2D eigenvalue weighted by atomic mass is 35.5. The molecule has 1 amide bonds. The van der Waals surface area contributed by atoms with Crippen LogP contribution in [0.1, 0.15) is 29.8 Å². The molecule has 1 atom stereocenters. The Kier molecular flexibility index (Phi) is 5.82. The number of rotatable bonds is 5. The van der Waals surface area contributed by atoms with E-state index in [-0.39, 0.29) is 11.3 Å². The van der Waals surface area contributed by atoms with E-state index in [1.807, 2.05) is 24.3 Å². The third-order valence-electron chi connectivity index (χ3n) is 3.52. The fourth-order valence-corrected chi connectivity index (χ4v) is 2.25. The average molecular weight is 347 g/mol. The Bertz CT molecular complexity index is 744. The Labute approximate surface area is 145 Å². The predicted octanol–water partition coefficient (Wildman–Crippen LogP) is 3.67. The fourth-order valence-electron chi connectivity index (χ4n) is 2.06. The lowest BCUT2D eigenvalue weighted by atomic mass is 10.1. The largest absolute Gasteiger partial charge is 0.449 e. The fraction of sp³-hybridized carbons (Fsp3) is 0.222. The van der Waals surface area contributed by atoms with E-state index < -0.39 is 18.0 Å². The van der Waals surface area contributed by atoms with Crippen molar-refractivity contribution in [3.8, 4) is 0 Å². The first-order chi connectivity index (χ1) is 11.4. The third kappa shape index (κ3) is 4.49. The van der Waals surface area contributed by atoms with E-state index in [4.69, 9.17) is 22.1 Å². The lowest BCUT2D eigenvalue weighted by molar-refractivity contribution is -0.123. The summed E-state index contributed by atoms with van der Waals surface area (Å²) >= 11 is 5.79. The molecule has 0 aliphatic rings.